The second-order valence-electron chi connectivity index (χ2n) is 11.1. The predicted octanol–water partition coefficient (Wildman–Crippen LogP) is 4.76. The number of β-amino-alcohol motifs (C(OH)–C–C–N with tert-alkyl or cyclic N) is 1. The van der Waals surface area contributed by atoms with Gasteiger partial charge in [-0.25, -0.2) is 4.98 Å². The molecule has 0 spiro atoms. The molecule has 0 saturated carbocycles. The molecule has 0 radical (unpaired) electrons. The quantitative estimate of drug-likeness (QED) is 0.327. The fourth-order valence-corrected chi connectivity index (χ4v) is 5.42. The molecule has 1 aromatic heterocycles. The van der Waals surface area contributed by atoms with Gasteiger partial charge in [-0.1, -0.05) is 18.2 Å². The first kappa shape index (κ1) is 32.7. The maximum absolute atomic E-state index is 14.2. The minimum Gasteiger partial charge on any atom is -0.394 e. The number of pyridine rings is 1. The van der Waals surface area contributed by atoms with E-state index in [4.69, 9.17) is 5.73 Å². The van der Waals surface area contributed by atoms with Crippen LogP contribution in [0.4, 0.5) is 37.8 Å². The number of primary amides is 1. The lowest BCUT2D eigenvalue weighted by Crippen LogP contribution is -2.43. The molecule has 236 valence electrons. The standard InChI is InChI=1S/C30H30F6N4O4/c1-28(2,16-10-17(29(31,32)33)12-18(11-16)30(34,35)36)27(44)39(3)24-22(21-6-4-5-7-23(21)25(37)43)8-9-38-26(24)40-14-20(42)13-19(40)15-41/h4-12,19-20,41-42H,13-15H2,1-3H3,(H2,37,43)/t19-,20-/m0/s1. The summed E-state index contributed by atoms with van der Waals surface area (Å²) in [7, 11) is 1.28. The van der Waals surface area contributed by atoms with E-state index in [0.717, 1.165) is 4.90 Å². The third kappa shape index (κ3) is 6.22. The molecule has 1 aliphatic rings. The minimum absolute atomic E-state index is 0.000139. The highest BCUT2D eigenvalue weighted by Crippen LogP contribution is 2.44. The molecule has 2 atom stereocenters. The molecule has 2 heterocycles. The van der Waals surface area contributed by atoms with Crippen LogP contribution in [0.5, 0.6) is 0 Å². The molecule has 1 fully saturated rings. The number of aromatic nitrogens is 1. The third-order valence-electron chi connectivity index (χ3n) is 7.75. The Bertz CT molecular complexity index is 1540. The topological polar surface area (TPSA) is 120 Å². The lowest BCUT2D eigenvalue weighted by Gasteiger charge is -2.35. The summed E-state index contributed by atoms with van der Waals surface area (Å²) in [4.78, 5) is 33.5. The Kier molecular flexibility index (Phi) is 8.73. The van der Waals surface area contributed by atoms with Gasteiger partial charge in [0.05, 0.1) is 41.0 Å². The van der Waals surface area contributed by atoms with Crippen LogP contribution in [0.2, 0.25) is 0 Å². The van der Waals surface area contributed by atoms with Crippen molar-refractivity contribution in [1.82, 2.24) is 4.98 Å². The minimum atomic E-state index is -5.13. The van der Waals surface area contributed by atoms with E-state index in [-0.39, 0.29) is 47.2 Å². The summed E-state index contributed by atoms with van der Waals surface area (Å²) in [5.74, 6) is -1.62. The zero-order valence-corrected chi connectivity index (χ0v) is 23.9. The van der Waals surface area contributed by atoms with Crippen molar-refractivity contribution in [2.24, 2.45) is 5.73 Å². The van der Waals surface area contributed by atoms with Crippen LogP contribution >= 0.6 is 0 Å². The normalized spacial score (nSPS) is 17.6. The number of anilines is 2. The molecule has 3 aromatic rings. The molecule has 2 amide bonds. The Hall–Kier alpha value is -4.17. The van der Waals surface area contributed by atoms with Crippen LogP contribution in [0.25, 0.3) is 11.1 Å². The number of aliphatic hydroxyl groups excluding tert-OH is 2. The molecular weight excluding hydrogens is 594 g/mol. The van der Waals surface area contributed by atoms with Crippen molar-refractivity contribution in [1.29, 1.82) is 0 Å². The molecule has 14 heteroatoms. The van der Waals surface area contributed by atoms with Gasteiger partial charge in [-0.3, -0.25) is 9.59 Å². The number of aliphatic hydroxyl groups is 2. The second-order valence-corrected chi connectivity index (χ2v) is 11.1. The van der Waals surface area contributed by atoms with Gasteiger partial charge >= 0.3 is 12.4 Å². The van der Waals surface area contributed by atoms with E-state index in [1.807, 2.05) is 0 Å². The maximum atomic E-state index is 14.2. The van der Waals surface area contributed by atoms with E-state index < -0.39 is 65.0 Å². The van der Waals surface area contributed by atoms with E-state index in [9.17, 15) is 46.1 Å². The van der Waals surface area contributed by atoms with Crippen molar-refractivity contribution in [2.45, 2.75) is 50.2 Å². The van der Waals surface area contributed by atoms with Crippen molar-refractivity contribution in [3.05, 3.63) is 77.0 Å². The van der Waals surface area contributed by atoms with Gasteiger partial charge in [0.15, 0.2) is 5.82 Å². The number of halogens is 6. The number of benzene rings is 2. The summed E-state index contributed by atoms with van der Waals surface area (Å²) in [5, 5.41) is 20.4. The number of amides is 2. The van der Waals surface area contributed by atoms with E-state index >= 15 is 0 Å². The van der Waals surface area contributed by atoms with Gasteiger partial charge in [-0.2, -0.15) is 26.3 Å². The number of nitrogens with zero attached hydrogens (tertiary/aromatic N) is 3. The molecule has 0 unspecified atom stereocenters. The Labute approximate surface area is 248 Å². The first-order chi connectivity index (χ1) is 20.4. The lowest BCUT2D eigenvalue weighted by molar-refractivity contribution is -0.143. The van der Waals surface area contributed by atoms with Gasteiger partial charge < -0.3 is 25.7 Å². The number of hydrogen-bond donors (Lipinski definition) is 3. The van der Waals surface area contributed by atoms with Gasteiger partial charge in [0.1, 0.15) is 0 Å². The molecule has 44 heavy (non-hydrogen) atoms. The van der Waals surface area contributed by atoms with Gasteiger partial charge in [-0.05, 0) is 61.7 Å². The lowest BCUT2D eigenvalue weighted by atomic mass is 9.81. The largest absolute Gasteiger partial charge is 0.416 e. The van der Waals surface area contributed by atoms with Crippen molar-refractivity contribution in [3.63, 3.8) is 0 Å². The number of carbonyl (C=O) groups excluding carboxylic acids is 2. The summed E-state index contributed by atoms with van der Waals surface area (Å²) in [5.41, 5.74) is 0.604. The average molecular weight is 625 g/mol. The molecule has 0 aliphatic carbocycles. The van der Waals surface area contributed by atoms with Crippen LogP contribution < -0.4 is 15.5 Å². The molecule has 0 bridgehead atoms. The Morgan fingerprint density at radius 1 is 0.977 bits per heavy atom. The van der Waals surface area contributed by atoms with Crippen LogP contribution in [0, 0.1) is 0 Å². The Morgan fingerprint density at radius 3 is 2.09 bits per heavy atom. The summed E-state index contributed by atoms with van der Waals surface area (Å²) < 4.78 is 82.0. The number of hydrogen-bond acceptors (Lipinski definition) is 6. The zero-order chi connectivity index (χ0) is 32.8. The van der Waals surface area contributed by atoms with Crippen molar-refractivity contribution < 1.29 is 46.1 Å². The van der Waals surface area contributed by atoms with E-state index in [2.05, 4.69) is 4.98 Å². The van der Waals surface area contributed by atoms with E-state index in [0.29, 0.717) is 12.1 Å². The third-order valence-corrected chi connectivity index (χ3v) is 7.75. The highest BCUT2D eigenvalue weighted by Gasteiger charge is 2.42. The molecular formula is C30H30F6N4O4. The molecule has 4 rings (SSSR count). The van der Waals surface area contributed by atoms with E-state index in [1.165, 1.54) is 39.2 Å². The molecule has 2 aromatic carbocycles. The average Bonchev–Trinajstić information content (AvgIpc) is 3.35. The second kappa shape index (κ2) is 11.7. The molecule has 1 saturated heterocycles. The van der Waals surface area contributed by atoms with Crippen LogP contribution in [0.1, 0.15) is 47.3 Å². The molecule has 1 aliphatic heterocycles. The van der Waals surface area contributed by atoms with Gasteiger partial charge in [-0.15, -0.1) is 0 Å². The Morgan fingerprint density at radius 2 is 1.55 bits per heavy atom. The zero-order valence-electron chi connectivity index (χ0n) is 23.9. The first-order valence-corrected chi connectivity index (χ1v) is 13.4. The van der Waals surface area contributed by atoms with Crippen LogP contribution in [0.3, 0.4) is 0 Å². The number of rotatable bonds is 7. The van der Waals surface area contributed by atoms with Gasteiger partial charge in [0.25, 0.3) is 0 Å². The number of nitrogens with two attached hydrogens (primary N) is 1. The van der Waals surface area contributed by atoms with Crippen molar-refractivity contribution in [3.8, 4) is 11.1 Å². The van der Waals surface area contributed by atoms with Crippen LogP contribution in [-0.2, 0) is 22.6 Å². The number of carbonyl (C=O) groups is 2. The van der Waals surface area contributed by atoms with Gasteiger partial charge in [0.2, 0.25) is 11.8 Å². The van der Waals surface area contributed by atoms with Gasteiger partial charge in [0, 0.05) is 30.9 Å². The van der Waals surface area contributed by atoms with Crippen molar-refractivity contribution in [2.75, 3.05) is 30.0 Å². The summed E-state index contributed by atoms with van der Waals surface area (Å²) in [6.45, 7) is 2.00. The monoisotopic (exact) mass is 624 g/mol. The fraction of sp³-hybridized carbons (Fsp3) is 0.367. The van der Waals surface area contributed by atoms with Crippen molar-refractivity contribution >= 4 is 23.3 Å². The fourth-order valence-electron chi connectivity index (χ4n) is 5.42. The highest BCUT2D eigenvalue weighted by atomic mass is 19.4. The smallest absolute Gasteiger partial charge is 0.394 e. The summed E-state index contributed by atoms with van der Waals surface area (Å²) >= 11 is 0. The van der Waals surface area contributed by atoms with E-state index in [1.54, 1.807) is 23.1 Å². The Balaban J connectivity index is 1.94. The highest BCUT2D eigenvalue weighted by molar-refractivity contribution is 6.08. The summed E-state index contributed by atoms with van der Waals surface area (Å²) in [6.07, 6.45) is -9.59. The van der Waals surface area contributed by atoms with Crippen LogP contribution in [0.15, 0.2) is 54.7 Å². The SMILES string of the molecule is CN(C(=O)C(C)(C)c1cc(C(F)(F)F)cc(C(F)(F)F)c1)c1c(-c2ccccc2C(N)=O)ccnc1N1C[C@@H](O)C[C@H]1CO. The first-order valence-electron chi connectivity index (χ1n) is 13.4. The number of alkyl halides is 6. The maximum Gasteiger partial charge on any atom is 0.416 e. The predicted molar refractivity (Wildman–Crippen MR) is 150 cm³/mol. The molecule has 4 N–H and O–H groups in total. The van der Waals surface area contributed by atoms with Crippen LogP contribution in [-0.4, -0.2) is 59.4 Å². The molecule has 8 nitrogen and oxygen atoms in total. The summed E-state index contributed by atoms with van der Waals surface area (Å²) in [6, 6.07) is 8.01. The number of likely N-dealkylation sites (N-methyl/N-ethyl adjacent to an activating group) is 1.